The van der Waals surface area contributed by atoms with Crippen molar-refractivity contribution in [3.05, 3.63) is 64.7 Å². The molecule has 0 saturated heterocycles. The molecular weight excluding hydrogens is 352 g/mol. The Morgan fingerprint density at radius 1 is 1.07 bits per heavy atom. The quantitative estimate of drug-likeness (QED) is 0.772. The first-order valence-electron chi connectivity index (χ1n) is 9.99. The Morgan fingerprint density at radius 3 is 2.61 bits per heavy atom. The van der Waals surface area contributed by atoms with E-state index in [2.05, 4.69) is 28.8 Å². The third-order valence-corrected chi connectivity index (χ3v) is 5.09. The molecule has 0 aliphatic heterocycles. The molecule has 1 aliphatic carbocycles. The summed E-state index contributed by atoms with van der Waals surface area (Å²) in [6.07, 6.45) is 4.74. The molecular formula is C23H28N2O3. The van der Waals surface area contributed by atoms with E-state index in [1.165, 1.54) is 24.0 Å². The van der Waals surface area contributed by atoms with Gasteiger partial charge in [-0.3, -0.25) is 9.59 Å². The minimum absolute atomic E-state index is 0.0748. The molecule has 2 N–H and O–H groups in total. The van der Waals surface area contributed by atoms with Gasteiger partial charge < -0.3 is 15.4 Å². The maximum atomic E-state index is 12.4. The number of fused-ring (bicyclic) bond motifs is 1. The minimum Gasteiger partial charge on any atom is -0.493 e. The standard InChI is InChI=1S/C23H28N2O3/c1-3-28-21-11-7-6-10-20(21)23(27)24-15-22(26)25-16(2)18-13-12-17-8-4-5-9-19(17)14-18/h6-7,10-14,16H,3-5,8-9,15H2,1-2H3,(H,24,27)(H,25,26). The Morgan fingerprint density at radius 2 is 1.82 bits per heavy atom. The summed E-state index contributed by atoms with van der Waals surface area (Å²) < 4.78 is 5.47. The molecule has 2 aromatic carbocycles. The zero-order valence-electron chi connectivity index (χ0n) is 16.6. The van der Waals surface area contributed by atoms with Gasteiger partial charge in [0.1, 0.15) is 5.75 Å². The lowest BCUT2D eigenvalue weighted by Gasteiger charge is -2.20. The second-order valence-corrected chi connectivity index (χ2v) is 7.14. The molecule has 0 radical (unpaired) electrons. The van der Waals surface area contributed by atoms with Gasteiger partial charge in [0.05, 0.1) is 24.8 Å². The van der Waals surface area contributed by atoms with Crippen LogP contribution in [0.3, 0.4) is 0 Å². The molecule has 0 aromatic heterocycles. The molecule has 0 saturated carbocycles. The Bertz CT molecular complexity index is 847. The topological polar surface area (TPSA) is 67.4 Å². The lowest BCUT2D eigenvalue weighted by molar-refractivity contribution is -0.120. The fourth-order valence-corrected chi connectivity index (χ4v) is 3.59. The van der Waals surface area contributed by atoms with Crippen LogP contribution in [0.5, 0.6) is 5.75 Å². The van der Waals surface area contributed by atoms with Gasteiger partial charge in [-0.15, -0.1) is 0 Å². The fraction of sp³-hybridized carbons (Fsp3) is 0.391. The van der Waals surface area contributed by atoms with Gasteiger partial charge >= 0.3 is 0 Å². The minimum atomic E-state index is -0.319. The summed E-state index contributed by atoms with van der Waals surface area (Å²) in [5.74, 6) is -0.0153. The van der Waals surface area contributed by atoms with Gasteiger partial charge in [-0.25, -0.2) is 0 Å². The molecule has 5 nitrogen and oxygen atoms in total. The summed E-state index contributed by atoms with van der Waals surface area (Å²) in [6, 6.07) is 13.4. The first kappa shape index (κ1) is 19.9. The number of carbonyl (C=O) groups is 2. The van der Waals surface area contributed by atoms with E-state index in [1.807, 2.05) is 19.9 Å². The maximum Gasteiger partial charge on any atom is 0.255 e. The monoisotopic (exact) mass is 380 g/mol. The first-order valence-corrected chi connectivity index (χ1v) is 9.99. The predicted octanol–water partition coefficient (Wildman–Crippen LogP) is 3.57. The number of benzene rings is 2. The summed E-state index contributed by atoms with van der Waals surface area (Å²) in [4.78, 5) is 24.7. The first-order chi connectivity index (χ1) is 13.6. The average Bonchev–Trinajstić information content (AvgIpc) is 2.72. The SMILES string of the molecule is CCOc1ccccc1C(=O)NCC(=O)NC(C)c1ccc2c(c1)CCCC2. The van der Waals surface area contributed by atoms with Crippen molar-refractivity contribution in [3.8, 4) is 5.75 Å². The van der Waals surface area contributed by atoms with E-state index in [1.54, 1.807) is 18.2 Å². The predicted molar refractivity (Wildman–Crippen MR) is 110 cm³/mol. The molecule has 5 heteroatoms. The van der Waals surface area contributed by atoms with Crippen LogP contribution in [0.4, 0.5) is 0 Å². The Labute approximate surface area is 166 Å². The van der Waals surface area contributed by atoms with Crippen LogP contribution in [0, 0.1) is 0 Å². The lowest BCUT2D eigenvalue weighted by Crippen LogP contribution is -2.38. The van der Waals surface area contributed by atoms with Crippen LogP contribution < -0.4 is 15.4 Å². The van der Waals surface area contributed by atoms with Crippen LogP contribution in [-0.4, -0.2) is 25.0 Å². The summed E-state index contributed by atoms with van der Waals surface area (Å²) >= 11 is 0. The van der Waals surface area contributed by atoms with Gasteiger partial charge in [0.2, 0.25) is 5.91 Å². The van der Waals surface area contributed by atoms with Crippen molar-refractivity contribution in [1.29, 1.82) is 0 Å². The summed E-state index contributed by atoms with van der Waals surface area (Å²) in [5.41, 5.74) is 4.35. The Kier molecular flexibility index (Phi) is 6.69. The van der Waals surface area contributed by atoms with Gasteiger partial charge in [0.15, 0.2) is 0 Å². The zero-order valence-corrected chi connectivity index (χ0v) is 16.6. The number of carbonyl (C=O) groups excluding carboxylic acids is 2. The molecule has 3 rings (SSSR count). The molecule has 1 unspecified atom stereocenters. The highest BCUT2D eigenvalue weighted by molar-refractivity contribution is 5.98. The molecule has 1 atom stereocenters. The van der Waals surface area contributed by atoms with Crippen LogP contribution in [0.2, 0.25) is 0 Å². The van der Waals surface area contributed by atoms with E-state index in [0.717, 1.165) is 18.4 Å². The fourth-order valence-electron chi connectivity index (χ4n) is 3.59. The van der Waals surface area contributed by atoms with Gasteiger partial charge in [-0.1, -0.05) is 30.3 Å². The van der Waals surface area contributed by atoms with E-state index in [0.29, 0.717) is 17.9 Å². The second kappa shape index (κ2) is 9.40. The molecule has 1 aliphatic rings. The van der Waals surface area contributed by atoms with Crippen LogP contribution in [0.1, 0.15) is 59.8 Å². The summed E-state index contributed by atoms with van der Waals surface area (Å²) in [5, 5.41) is 5.64. The van der Waals surface area contributed by atoms with Gasteiger partial charge in [0.25, 0.3) is 5.91 Å². The van der Waals surface area contributed by atoms with Crippen molar-refractivity contribution >= 4 is 11.8 Å². The van der Waals surface area contributed by atoms with E-state index in [4.69, 9.17) is 4.74 Å². The third-order valence-electron chi connectivity index (χ3n) is 5.09. The van der Waals surface area contributed by atoms with Crippen molar-refractivity contribution < 1.29 is 14.3 Å². The number of amides is 2. The van der Waals surface area contributed by atoms with Gasteiger partial charge in [-0.05, 0) is 68.4 Å². The highest BCUT2D eigenvalue weighted by Crippen LogP contribution is 2.24. The number of para-hydroxylation sites is 1. The highest BCUT2D eigenvalue weighted by Gasteiger charge is 2.16. The third kappa shape index (κ3) is 4.91. The Balaban J connectivity index is 1.55. The van der Waals surface area contributed by atoms with Crippen LogP contribution in [0.25, 0.3) is 0 Å². The van der Waals surface area contributed by atoms with Crippen molar-refractivity contribution in [3.63, 3.8) is 0 Å². The Hall–Kier alpha value is -2.82. The van der Waals surface area contributed by atoms with E-state index in [-0.39, 0.29) is 24.4 Å². The smallest absolute Gasteiger partial charge is 0.255 e. The number of rotatable bonds is 7. The van der Waals surface area contributed by atoms with Crippen LogP contribution >= 0.6 is 0 Å². The number of hydrogen-bond acceptors (Lipinski definition) is 3. The zero-order chi connectivity index (χ0) is 19.9. The lowest BCUT2D eigenvalue weighted by atomic mass is 9.89. The molecule has 2 aromatic rings. The van der Waals surface area contributed by atoms with E-state index in [9.17, 15) is 9.59 Å². The van der Waals surface area contributed by atoms with E-state index < -0.39 is 0 Å². The molecule has 2 amide bonds. The van der Waals surface area contributed by atoms with Crippen molar-refractivity contribution in [2.24, 2.45) is 0 Å². The average molecular weight is 380 g/mol. The number of hydrogen-bond donors (Lipinski definition) is 2. The molecule has 0 bridgehead atoms. The molecule has 0 fully saturated rings. The van der Waals surface area contributed by atoms with Gasteiger partial charge in [0, 0.05) is 0 Å². The van der Waals surface area contributed by atoms with Crippen molar-refractivity contribution in [2.45, 2.75) is 45.6 Å². The maximum absolute atomic E-state index is 12.4. The number of aryl methyl sites for hydroxylation is 2. The summed E-state index contributed by atoms with van der Waals surface area (Å²) in [6.45, 7) is 4.23. The highest BCUT2D eigenvalue weighted by atomic mass is 16.5. The summed E-state index contributed by atoms with van der Waals surface area (Å²) in [7, 11) is 0. The molecule has 0 heterocycles. The van der Waals surface area contributed by atoms with Crippen molar-refractivity contribution in [1.82, 2.24) is 10.6 Å². The molecule has 148 valence electrons. The van der Waals surface area contributed by atoms with Crippen molar-refractivity contribution in [2.75, 3.05) is 13.2 Å². The van der Waals surface area contributed by atoms with Crippen LogP contribution in [-0.2, 0) is 17.6 Å². The normalized spacial score (nSPS) is 13.9. The largest absolute Gasteiger partial charge is 0.493 e. The van der Waals surface area contributed by atoms with E-state index >= 15 is 0 Å². The van der Waals surface area contributed by atoms with Crippen LogP contribution in [0.15, 0.2) is 42.5 Å². The number of ether oxygens (including phenoxy) is 1. The number of nitrogens with one attached hydrogen (secondary N) is 2. The second-order valence-electron chi connectivity index (χ2n) is 7.14. The molecule has 28 heavy (non-hydrogen) atoms. The van der Waals surface area contributed by atoms with Gasteiger partial charge in [-0.2, -0.15) is 0 Å². The molecule has 0 spiro atoms.